The third-order valence-electron chi connectivity index (χ3n) is 4.67. The lowest BCUT2D eigenvalue weighted by Gasteiger charge is -2.24. The molecule has 1 saturated carbocycles. The Balaban J connectivity index is 1.53. The molecule has 3 rings (SSSR count). The van der Waals surface area contributed by atoms with E-state index < -0.39 is 0 Å². The summed E-state index contributed by atoms with van der Waals surface area (Å²) in [5.41, 5.74) is 0. The quantitative estimate of drug-likeness (QED) is 0.797. The van der Waals surface area contributed by atoms with E-state index in [1.54, 1.807) is 0 Å². The Hall–Kier alpha value is -1.11. The summed E-state index contributed by atoms with van der Waals surface area (Å²) in [4.78, 5) is 14.4. The topological polar surface area (TPSA) is 63.9 Å². The highest BCUT2D eigenvalue weighted by Crippen LogP contribution is 2.31. The molecule has 0 unspecified atom stereocenters. The maximum atomic E-state index is 12.4. The molecule has 0 spiro atoms. The van der Waals surface area contributed by atoms with Crippen LogP contribution in [0.3, 0.4) is 0 Å². The van der Waals surface area contributed by atoms with E-state index in [0.717, 1.165) is 43.9 Å². The summed E-state index contributed by atoms with van der Waals surface area (Å²) in [6.45, 7) is 1.82. The summed E-state index contributed by atoms with van der Waals surface area (Å²) in [5, 5.41) is 12.8. The van der Waals surface area contributed by atoms with E-state index in [2.05, 4.69) is 15.5 Å². The van der Waals surface area contributed by atoms with Crippen molar-refractivity contribution in [2.45, 2.75) is 69.0 Å². The molecule has 0 bridgehead atoms. The van der Waals surface area contributed by atoms with Gasteiger partial charge in [-0.1, -0.05) is 43.9 Å². The van der Waals surface area contributed by atoms with Crippen LogP contribution in [0.5, 0.6) is 0 Å². The van der Waals surface area contributed by atoms with Gasteiger partial charge in [-0.25, -0.2) is 4.68 Å². The summed E-state index contributed by atoms with van der Waals surface area (Å²) in [6, 6.07) is 0.425. The van der Waals surface area contributed by atoms with Gasteiger partial charge in [0.2, 0.25) is 11.1 Å². The number of nitrogens with zero attached hydrogens (tertiary/aromatic N) is 5. The van der Waals surface area contributed by atoms with Crippen molar-refractivity contribution in [1.82, 2.24) is 25.1 Å². The molecule has 0 N–H and O–H groups in total. The number of rotatable bonds is 4. The van der Waals surface area contributed by atoms with Crippen LogP contribution in [-0.4, -0.2) is 49.9 Å². The highest BCUT2D eigenvalue weighted by atomic mass is 32.2. The van der Waals surface area contributed by atoms with Gasteiger partial charge in [0.05, 0.1) is 11.8 Å². The molecule has 0 radical (unpaired) electrons. The van der Waals surface area contributed by atoms with Gasteiger partial charge < -0.3 is 4.90 Å². The van der Waals surface area contributed by atoms with Crippen LogP contribution in [0.15, 0.2) is 5.16 Å². The Labute approximate surface area is 136 Å². The van der Waals surface area contributed by atoms with Gasteiger partial charge in [-0.15, -0.1) is 5.10 Å². The summed E-state index contributed by atoms with van der Waals surface area (Å²) in [5.74, 6) is 0.681. The number of carbonyl (C=O) groups excluding carboxylic acids is 1. The fourth-order valence-corrected chi connectivity index (χ4v) is 4.22. The van der Waals surface area contributed by atoms with Crippen LogP contribution < -0.4 is 0 Å². The third kappa shape index (κ3) is 4.00. The van der Waals surface area contributed by atoms with Gasteiger partial charge in [-0.05, 0) is 36.1 Å². The molecular weight excluding hydrogens is 298 g/mol. The van der Waals surface area contributed by atoms with Gasteiger partial charge in [0.25, 0.3) is 0 Å². The number of carbonyl (C=O) groups is 1. The average molecular weight is 323 g/mol. The van der Waals surface area contributed by atoms with E-state index in [1.807, 2.05) is 9.58 Å². The van der Waals surface area contributed by atoms with Crippen LogP contribution in [0.1, 0.15) is 63.8 Å². The maximum Gasteiger partial charge on any atom is 0.233 e. The van der Waals surface area contributed by atoms with Crippen LogP contribution in [0.4, 0.5) is 0 Å². The molecule has 22 heavy (non-hydrogen) atoms. The minimum atomic E-state index is 0.230. The zero-order chi connectivity index (χ0) is 15.2. The van der Waals surface area contributed by atoms with Crippen molar-refractivity contribution in [2.75, 3.05) is 18.8 Å². The molecule has 0 aromatic carbocycles. The van der Waals surface area contributed by atoms with E-state index in [0.29, 0.717) is 11.8 Å². The standard InChI is InChI=1S/C15H25N5OS/c21-14(19-10-6-2-1-3-7-11-19)12-22-15-16-17-18-20(15)13-8-4-5-9-13/h13H,1-12H2. The minimum Gasteiger partial charge on any atom is -0.342 e. The lowest BCUT2D eigenvalue weighted by molar-refractivity contribution is -0.128. The van der Waals surface area contributed by atoms with E-state index in [-0.39, 0.29) is 5.91 Å². The average Bonchev–Trinajstić information content (AvgIpc) is 3.15. The highest BCUT2D eigenvalue weighted by molar-refractivity contribution is 7.99. The van der Waals surface area contributed by atoms with Crippen molar-refractivity contribution in [2.24, 2.45) is 0 Å². The zero-order valence-electron chi connectivity index (χ0n) is 13.1. The minimum absolute atomic E-state index is 0.230. The molecule has 1 saturated heterocycles. The van der Waals surface area contributed by atoms with Gasteiger partial charge in [-0.3, -0.25) is 4.79 Å². The van der Waals surface area contributed by atoms with Gasteiger partial charge in [0, 0.05) is 13.1 Å². The van der Waals surface area contributed by atoms with Crippen LogP contribution >= 0.6 is 11.8 Å². The number of thioether (sulfide) groups is 1. The highest BCUT2D eigenvalue weighted by Gasteiger charge is 2.23. The molecule has 6 nitrogen and oxygen atoms in total. The van der Waals surface area contributed by atoms with Crippen molar-refractivity contribution in [3.05, 3.63) is 0 Å². The first-order valence-corrected chi connectivity index (χ1v) is 9.51. The number of tetrazole rings is 1. The van der Waals surface area contributed by atoms with E-state index in [1.165, 1.54) is 43.9 Å². The van der Waals surface area contributed by atoms with Gasteiger partial charge >= 0.3 is 0 Å². The first kappa shape index (κ1) is 15.8. The fraction of sp³-hybridized carbons (Fsp3) is 0.867. The first-order valence-electron chi connectivity index (χ1n) is 8.53. The Morgan fingerprint density at radius 1 is 1.05 bits per heavy atom. The van der Waals surface area contributed by atoms with Crippen molar-refractivity contribution in [1.29, 1.82) is 0 Å². The normalized spacial score (nSPS) is 20.8. The monoisotopic (exact) mass is 323 g/mol. The fourth-order valence-electron chi connectivity index (χ4n) is 3.37. The SMILES string of the molecule is O=C(CSc1nnnn1C1CCCC1)N1CCCCCCC1. The predicted octanol–water partition coefficient (Wildman–Crippen LogP) is 2.67. The van der Waals surface area contributed by atoms with Crippen LogP contribution in [0.25, 0.3) is 0 Å². The Morgan fingerprint density at radius 3 is 2.45 bits per heavy atom. The van der Waals surface area contributed by atoms with Crippen molar-refractivity contribution < 1.29 is 4.79 Å². The molecule has 2 fully saturated rings. The molecule has 0 atom stereocenters. The second kappa shape index (κ2) is 7.94. The molecule has 1 aromatic rings. The van der Waals surface area contributed by atoms with E-state index in [9.17, 15) is 4.79 Å². The lowest BCUT2D eigenvalue weighted by atomic mass is 10.1. The molecule has 2 heterocycles. The summed E-state index contributed by atoms with van der Waals surface area (Å²) >= 11 is 1.49. The van der Waals surface area contributed by atoms with Crippen LogP contribution in [0.2, 0.25) is 0 Å². The molecule has 1 amide bonds. The Bertz CT molecular complexity index is 478. The molecular formula is C15H25N5OS. The van der Waals surface area contributed by atoms with Crippen LogP contribution in [0, 0.1) is 0 Å². The predicted molar refractivity (Wildman–Crippen MR) is 85.7 cm³/mol. The van der Waals surface area contributed by atoms with Crippen molar-refractivity contribution >= 4 is 17.7 Å². The molecule has 1 aliphatic carbocycles. The van der Waals surface area contributed by atoms with E-state index in [4.69, 9.17) is 0 Å². The number of hydrogen-bond acceptors (Lipinski definition) is 5. The van der Waals surface area contributed by atoms with Crippen molar-refractivity contribution in [3.63, 3.8) is 0 Å². The molecule has 1 aliphatic heterocycles. The summed E-state index contributed by atoms with van der Waals surface area (Å²) in [6.07, 6.45) is 10.9. The van der Waals surface area contributed by atoms with Gasteiger partial charge in [0.15, 0.2) is 0 Å². The van der Waals surface area contributed by atoms with Crippen LogP contribution in [-0.2, 0) is 4.79 Å². The Morgan fingerprint density at radius 2 is 1.73 bits per heavy atom. The molecule has 2 aliphatic rings. The number of likely N-dealkylation sites (tertiary alicyclic amines) is 1. The molecule has 122 valence electrons. The second-order valence-corrected chi connectivity index (χ2v) is 7.22. The van der Waals surface area contributed by atoms with Gasteiger partial charge in [-0.2, -0.15) is 0 Å². The molecule has 1 aromatic heterocycles. The summed E-state index contributed by atoms with van der Waals surface area (Å²) in [7, 11) is 0. The lowest BCUT2D eigenvalue weighted by Crippen LogP contribution is -2.35. The zero-order valence-corrected chi connectivity index (χ0v) is 13.9. The Kier molecular flexibility index (Phi) is 5.70. The number of amides is 1. The van der Waals surface area contributed by atoms with E-state index >= 15 is 0 Å². The van der Waals surface area contributed by atoms with Crippen molar-refractivity contribution in [3.8, 4) is 0 Å². The van der Waals surface area contributed by atoms with Gasteiger partial charge in [0.1, 0.15) is 0 Å². The maximum absolute atomic E-state index is 12.4. The first-order chi connectivity index (χ1) is 10.8. The second-order valence-electron chi connectivity index (χ2n) is 6.28. The number of aromatic nitrogens is 4. The largest absolute Gasteiger partial charge is 0.342 e. The third-order valence-corrected chi connectivity index (χ3v) is 5.58. The smallest absolute Gasteiger partial charge is 0.233 e. The summed E-state index contributed by atoms with van der Waals surface area (Å²) < 4.78 is 1.93. The number of hydrogen-bond donors (Lipinski definition) is 0. The molecule has 7 heteroatoms.